The molecule has 0 atom stereocenters. The van der Waals surface area contributed by atoms with E-state index in [9.17, 15) is 4.79 Å². The summed E-state index contributed by atoms with van der Waals surface area (Å²) >= 11 is 0. The number of amides is 1. The minimum Gasteiger partial charge on any atom is -0.474 e. The van der Waals surface area contributed by atoms with Gasteiger partial charge in [0, 0.05) is 30.1 Å². The molecule has 26 heavy (non-hydrogen) atoms. The van der Waals surface area contributed by atoms with Crippen LogP contribution in [0.25, 0.3) is 11.1 Å². The number of nitrogens with zero attached hydrogens (tertiary/aromatic N) is 3. The minimum atomic E-state index is -0.537. The van der Waals surface area contributed by atoms with Crippen LogP contribution in [0.15, 0.2) is 24.7 Å². The topological polar surface area (TPSA) is 95.1 Å². The average molecular weight is 357 g/mol. The molecule has 1 amide bonds. The maximum absolute atomic E-state index is 11.9. The van der Waals surface area contributed by atoms with Crippen LogP contribution in [-0.2, 0) is 6.54 Å². The lowest BCUT2D eigenvalue weighted by Crippen LogP contribution is -2.34. The minimum absolute atomic E-state index is 0.0576. The summed E-state index contributed by atoms with van der Waals surface area (Å²) in [5.74, 6) is -0.222. The van der Waals surface area contributed by atoms with Crippen LogP contribution in [0.4, 0.5) is 0 Å². The molecule has 7 heteroatoms. The first-order valence-electron chi connectivity index (χ1n) is 9.02. The molecule has 1 fully saturated rings. The molecule has 0 saturated carbocycles. The van der Waals surface area contributed by atoms with Crippen LogP contribution < -0.4 is 15.8 Å². The number of hydrogen-bond acceptors (Lipinski definition) is 5. The second kappa shape index (κ2) is 7.45. The first kappa shape index (κ1) is 18.4. The summed E-state index contributed by atoms with van der Waals surface area (Å²) in [6.45, 7) is 9.10. The third-order valence-electron chi connectivity index (χ3n) is 4.28. The fourth-order valence-corrected chi connectivity index (χ4v) is 3.04. The lowest BCUT2D eigenvalue weighted by molar-refractivity contribution is 0.0986. The highest BCUT2D eigenvalue weighted by Crippen LogP contribution is 2.26. The van der Waals surface area contributed by atoms with Crippen molar-refractivity contribution in [3.63, 3.8) is 0 Å². The van der Waals surface area contributed by atoms with Crippen molar-refractivity contribution >= 4 is 5.91 Å². The summed E-state index contributed by atoms with van der Waals surface area (Å²) in [7, 11) is 0. The van der Waals surface area contributed by atoms with E-state index >= 15 is 0 Å². The third kappa shape index (κ3) is 4.60. The Hall–Kier alpha value is -2.41. The maximum Gasteiger partial charge on any atom is 0.254 e. The Bertz CT molecular complexity index is 772. The highest BCUT2D eigenvalue weighted by atomic mass is 16.5. The fourth-order valence-electron chi connectivity index (χ4n) is 3.04. The SMILES string of the molecule is CC(C)(C)Cn1cc(-c2cnc(OC3CCNCC3)c(C(N)=O)c2)cn1. The van der Waals surface area contributed by atoms with Gasteiger partial charge in [-0.1, -0.05) is 20.8 Å². The molecule has 1 aliphatic rings. The van der Waals surface area contributed by atoms with Gasteiger partial charge in [0.25, 0.3) is 5.91 Å². The molecule has 0 radical (unpaired) electrons. The Morgan fingerprint density at radius 1 is 1.31 bits per heavy atom. The molecular weight excluding hydrogens is 330 g/mol. The molecule has 0 bridgehead atoms. The zero-order valence-electron chi connectivity index (χ0n) is 15.7. The van der Waals surface area contributed by atoms with Crippen molar-refractivity contribution in [2.45, 2.75) is 46.3 Å². The molecule has 2 aromatic heterocycles. The summed E-state index contributed by atoms with van der Waals surface area (Å²) in [6, 6.07) is 1.74. The number of primary amides is 1. The van der Waals surface area contributed by atoms with E-state index in [1.165, 1.54) is 0 Å². The second-order valence-electron chi connectivity index (χ2n) is 8.00. The van der Waals surface area contributed by atoms with Gasteiger partial charge in [0.15, 0.2) is 0 Å². The van der Waals surface area contributed by atoms with Crippen molar-refractivity contribution in [2.24, 2.45) is 11.1 Å². The predicted octanol–water partition coefficient (Wildman–Crippen LogP) is 2.22. The number of hydrogen-bond donors (Lipinski definition) is 2. The summed E-state index contributed by atoms with van der Waals surface area (Å²) in [4.78, 5) is 16.3. The van der Waals surface area contributed by atoms with Gasteiger partial charge in [-0.05, 0) is 37.4 Å². The summed E-state index contributed by atoms with van der Waals surface area (Å²) < 4.78 is 7.84. The highest BCUT2D eigenvalue weighted by molar-refractivity contribution is 5.96. The first-order valence-corrected chi connectivity index (χ1v) is 9.02. The molecular formula is C19H27N5O2. The average Bonchev–Trinajstić information content (AvgIpc) is 3.02. The molecule has 7 nitrogen and oxygen atoms in total. The smallest absolute Gasteiger partial charge is 0.254 e. The standard InChI is InChI=1S/C19H27N5O2/c1-19(2,3)12-24-11-14(10-23-24)13-8-16(17(20)25)18(22-9-13)26-15-4-6-21-7-5-15/h8-11,15,21H,4-7,12H2,1-3H3,(H2,20,25). The van der Waals surface area contributed by atoms with Gasteiger partial charge in [0.05, 0.1) is 6.20 Å². The van der Waals surface area contributed by atoms with Gasteiger partial charge in [-0.25, -0.2) is 4.98 Å². The van der Waals surface area contributed by atoms with Crippen molar-refractivity contribution in [3.8, 4) is 17.0 Å². The number of rotatable bonds is 5. The van der Waals surface area contributed by atoms with E-state index in [1.807, 2.05) is 10.9 Å². The van der Waals surface area contributed by atoms with E-state index in [4.69, 9.17) is 10.5 Å². The van der Waals surface area contributed by atoms with E-state index in [-0.39, 0.29) is 11.5 Å². The zero-order valence-corrected chi connectivity index (χ0v) is 15.7. The summed E-state index contributed by atoms with van der Waals surface area (Å²) in [6.07, 6.45) is 7.28. The molecule has 0 spiro atoms. The van der Waals surface area contributed by atoms with Crippen LogP contribution in [0, 0.1) is 5.41 Å². The molecule has 3 heterocycles. The molecule has 0 aromatic carbocycles. The molecule has 0 unspecified atom stereocenters. The van der Waals surface area contributed by atoms with E-state index in [0.29, 0.717) is 11.4 Å². The second-order valence-corrected chi connectivity index (χ2v) is 8.00. The van der Waals surface area contributed by atoms with E-state index in [1.54, 1.807) is 18.5 Å². The molecule has 140 valence electrons. The number of aromatic nitrogens is 3. The van der Waals surface area contributed by atoms with Crippen LogP contribution in [0.5, 0.6) is 5.88 Å². The molecule has 1 saturated heterocycles. The molecule has 3 rings (SSSR count). The van der Waals surface area contributed by atoms with E-state index in [0.717, 1.165) is 43.6 Å². The molecule has 0 aliphatic carbocycles. The monoisotopic (exact) mass is 357 g/mol. The number of carbonyl (C=O) groups is 1. The number of pyridine rings is 1. The summed E-state index contributed by atoms with van der Waals surface area (Å²) in [5, 5.41) is 7.69. The normalized spacial score (nSPS) is 15.8. The van der Waals surface area contributed by atoms with Crippen molar-refractivity contribution in [2.75, 3.05) is 13.1 Å². The van der Waals surface area contributed by atoms with Crippen molar-refractivity contribution in [3.05, 3.63) is 30.2 Å². The number of ether oxygens (including phenoxy) is 1. The Balaban J connectivity index is 1.83. The van der Waals surface area contributed by atoms with Crippen molar-refractivity contribution in [1.82, 2.24) is 20.1 Å². The maximum atomic E-state index is 11.9. The molecule has 1 aliphatic heterocycles. The van der Waals surface area contributed by atoms with Gasteiger partial charge < -0.3 is 15.8 Å². The van der Waals surface area contributed by atoms with Crippen LogP contribution in [0.3, 0.4) is 0 Å². The van der Waals surface area contributed by atoms with Gasteiger partial charge in [-0.2, -0.15) is 5.10 Å². The number of piperidine rings is 1. The van der Waals surface area contributed by atoms with Gasteiger partial charge >= 0.3 is 0 Å². The van der Waals surface area contributed by atoms with Crippen LogP contribution >= 0.6 is 0 Å². The van der Waals surface area contributed by atoms with Gasteiger partial charge in [-0.3, -0.25) is 9.48 Å². The largest absolute Gasteiger partial charge is 0.474 e. The third-order valence-corrected chi connectivity index (χ3v) is 4.28. The molecule has 3 N–H and O–H groups in total. The highest BCUT2D eigenvalue weighted by Gasteiger charge is 2.20. The van der Waals surface area contributed by atoms with Gasteiger partial charge in [-0.15, -0.1) is 0 Å². The number of nitrogens with two attached hydrogens (primary N) is 1. The number of carbonyl (C=O) groups excluding carboxylic acids is 1. The Kier molecular flexibility index (Phi) is 5.27. The van der Waals surface area contributed by atoms with Crippen LogP contribution in [0.2, 0.25) is 0 Å². The van der Waals surface area contributed by atoms with Crippen LogP contribution in [0.1, 0.15) is 44.0 Å². The Morgan fingerprint density at radius 2 is 2.04 bits per heavy atom. The summed E-state index contributed by atoms with van der Waals surface area (Å²) in [5.41, 5.74) is 7.71. The van der Waals surface area contributed by atoms with Crippen molar-refractivity contribution < 1.29 is 9.53 Å². The van der Waals surface area contributed by atoms with E-state index in [2.05, 4.69) is 36.2 Å². The fraction of sp³-hybridized carbons (Fsp3) is 0.526. The quantitative estimate of drug-likeness (QED) is 0.855. The van der Waals surface area contributed by atoms with Crippen LogP contribution in [-0.4, -0.2) is 39.9 Å². The first-order chi connectivity index (χ1) is 12.3. The predicted molar refractivity (Wildman–Crippen MR) is 100.0 cm³/mol. The Morgan fingerprint density at radius 3 is 2.69 bits per heavy atom. The van der Waals surface area contributed by atoms with E-state index < -0.39 is 5.91 Å². The molecule has 2 aromatic rings. The zero-order chi connectivity index (χ0) is 18.7. The van der Waals surface area contributed by atoms with Gasteiger partial charge in [0.2, 0.25) is 5.88 Å². The lowest BCUT2D eigenvalue weighted by atomic mass is 9.97. The van der Waals surface area contributed by atoms with Crippen molar-refractivity contribution in [1.29, 1.82) is 0 Å². The van der Waals surface area contributed by atoms with Gasteiger partial charge in [0.1, 0.15) is 11.7 Å². The lowest BCUT2D eigenvalue weighted by Gasteiger charge is -2.24. The Labute approximate surface area is 153 Å². The number of nitrogens with one attached hydrogen (secondary N) is 1.